The molecule has 0 aromatic rings. The lowest BCUT2D eigenvalue weighted by Gasteiger charge is -2.23. The number of hydrogen-bond donors (Lipinski definition) is 1. The fourth-order valence-corrected chi connectivity index (χ4v) is 1.14. The lowest BCUT2D eigenvalue weighted by molar-refractivity contribution is -0.162. The SMILES string of the molecule is CC(=O)OC(=O)C(C)(C)NC(Cl)Cl. The smallest absolute Gasteiger partial charge is 0.333 e. The highest BCUT2D eigenvalue weighted by atomic mass is 35.5. The molecular formula is C7H11Cl2NO3. The molecule has 0 rings (SSSR count). The van der Waals surface area contributed by atoms with Gasteiger partial charge in [-0.2, -0.15) is 0 Å². The zero-order valence-electron chi connectivity index (χ0n) is 7.56. The molecule has 0 amide bonds. The molecule has 76 valence electrons. The summed E-state index contributed by atoms with van der Waals surface area (Å²) in [6.45, 7) is 4.17. The summed E-state index contributed by atoms with van der Waals surface area (Å²) in [6.07, 6.45) is 0. The van der Waals surface area contributed by atoms with E-state index in [1.807, 2.05) is 0 Å². The molecule has 0 aliphatic carbocycles. The number of carbonyl (C=O) groups excluding carboxylic acids is 2. The zero-order valence-corrected chi connectivity index (χ0v) is 9.07. The van der Waals surface area contributed by atoms with Crippen molar-refractivity contribution in [3.63, 3.8) is 0 Å². The second kappa shape index (κ2) is 4.79. The van der Waals surface area contributed by atoms with Gasteiger partial charge < -0.3 is 4.74 Å². The molecule has 13 heavy (non-hydrogen) atoms. The van der Waals surface area contributed by atoms with Crippen molar-refractivity contribution in [3.8, 4) is 0 Å². The number of nitrogens with one attached hydrogen (secondary N) is 1. The van der Waals surface area contributed by atoms with E-state index < -0.39 is 22.4 Å². The van der Waals surface area contributed by atoms with E-state index in [2.05, 4.69) is 10.1 Å². The minimum atomic E-state index is -1.08. The Labute approximate surface area is 86.5 Å². The Kier molecular flexibility index (Phi) is 4.67. The second-order valence-corrected chi connectivity index (χ2v) is 4.05. The van der Waals surface area contributed by atoms with Crippen molar-refractivity contribution in [1.29, 1.82) is 0 Å². The van der Waals surface area contributed by atoms with Crippen LogP contribution < -0.4 is 5.32 Å². The maximum absolute atomic E-state index is 11.2. The monoisotopic (exact) mass is 227 g/mol. The summed E-state index contributed by atoms with van der Waals surface area (Å²) in [7, 11) is 0. The van der Waals surface area contributed by atoms with Crippen LogP contribution in [0.3, 0.4) is 0 Å². The molecule has 6 heteroatoms. The average Bonchev–Trinajstić information content (AvgIpc) is 1.81. The number of ether oxygens (including phenoxy) is 1. The fourth-order valence-electron chi connectivity index (χ4n) is 0.590. The number of esters is 2. The van der Waals surface area contributed by atoms with E-state index >= 15 is 0 Å². The van der Waals surface area contributed by atoms with Crippen LogP contribution in [0.15, 0.2) is 0 Å². The minimum absolute atomic E-state index is 0.666. The van der Waals surface area contributed by atoms with Crippen LogP contribution in [0.2, 0.25) is 0 Å². The molecule has 0 atom stereocenters. The molecule has 0 radical (unpaired) electrons. The number of halogens is 2. The van der Waals surface area contributed by atoms with Crippen molar-refractivity contribution in [2.45, 2.75) is 31.3 Å². The molecule has 0 fully saturated rings. The summed E-state index contributed by atoms with van der Waals surface area (Å²) in [6, 6.07) is 0. The average molecular weight is 228 g/mol. The van der Waals surface area contributed by atoms with Gasteiger partial charge in [-0.05, 0) is 13.8 Å². The van der Waals surface area contributed by atoms with Gasteiger partial charge in [0.25, 0.3) is 0 Å². The first-order valence-corrected chi connectivity index (χ1v) is 4.41. The van der Waals surface area contributed by atoms with E-state index in [1.165, 1.54) is 13.8 Å². The van der Waals surface area contributed by atoms with Gasteiger partial charge in [-0.3, -0.25) is 10.1 Å². The van der Waals surface area contributed by atoms with Crippen molar-refractivity contribution < 1.29 is 14.3 Å². The third-order valence-electron chi connectivity index (χ3n) is 1.22. The van der Waals surface area contributed by atoms with Crippen molar-refractivity contribution >= 4 is 35.1 Å². The Morgan fingerprint density at radius 1 is 1.38 bits per heavy atom. The van der Waals surface area contributed by atoms with Crippen LogP contribution >= 0.6 is 23.2 Å². The molecule has 0 bridgehead atoms. The second-order valence-electron chi connectivity index (χ2n) is 2.95. The quantitative estimate of drug-likeness (QED) is 0.341. The van der Waals surface area contributed by atoms with Gasteiger partial charge in [0.1, 0.15) is 5.54 Å². The largest absolute Gasteiger partial charge is 0.392 e. The van der Waals surface area contributed by atoms with E-state index in [4.69, 9.17) is 23.2 Å². The lowest BCUT2D eigenvalue weighted by Crippen LogP contribution is -2.49. The van der Waals surface area contributed by atoms with Crippen LogP contribution in [0, 0.1) is 0 Å². The standard InChI is InChI=1S/C7H11Cl2NO3/c1-4(11)13-5(12)7(2,3)10-6(8)9/h6,10H,1-3H3. The molecule has 0 aromatic heterocycles. The van der Waals surface area contributed by atoms with Crippen LogP contribution in [0.4, 0.5) is 0 Å². The maximum Gasteiger partial charge on any atom is 0.333 e. The van der Waals surface area contributed by atoms with Gasteiger partial charge >= 0.3 is 11.9 Å². The number of carbonyl (C=O) groups is 2. The number of alkyl halides is 2. The van der Waals surface area contributed by atoms with E-state index in [0.29, 0.717) is 0 Å². The predicted molar refractivity (Wildman–Crippen MR) is 49.5 cm³/mol. The topological polar surface area (TPSA) is 55.4 Å². The molecule has 0 saturated heterocycles. The molecule has 0 aliphatic heterocycles. The fraction of sp³-hybridized carbons (Fsp3) is 0.714. The number of hydrogen-bond acceptors (Lipinski definition) is 4. The Morgan fingerprint density at radius 2 is 1.85 bits per heavy atom. The third-order valence-corrected chi connectivity index (χ3v) is 1.43. The van der Waals surface area contributed by atoms with Crippen LogP contribution in [0.1, 0.15) is 20.8 Å². The normalized spacial score (nSPS) is 11.5. The zero-order chi connectivity index (χ0) is 10.6. The molecule has 4 nitrogen and oxygen atoms in total. The first-order valence-electron chi connectivity index (χ1n) is 3.54. The van der Waals surface area contributed by atoms with E-state index in [9.17, 15) is 9.59 Å². The van der Waals surface area contributed by atoms with Crippen LogP contribution in [-0.2, 0) is 14.3 Å². The molecule has 0 aromatic carbocycles. The molecule has 0 saturated carbocycles. The third kappa shape index (κ3) is 5.08. The Bertz CT molecular complexity index is 216. The first-order chi connectivity index (χ1) is 5.75. The van der Waals surface area contributed by atoms with Gasteiger partial charge in [-0.25, -0.2) is 4.79 Å². The number of rotatable bonds is 3. The predicted octanol–water partition coefficient (Wildman–Crippen LogP) is 1.21. The minimum Gasteiger partial charge on any atom is -0.392 e. The van der Waals surface area contributed by atoms with Gasteiger partial charge in [0.15, 0.2) is 4.96 Å². The Balaban J connectivity index is 4.27. The molecule has 0 spiro atoms. The van der Waals surface area contributed by atoms with E-state index in [1.54, 1.807) is 0 Å². The van der Waals surface area contributed by atoms with Crippen LogP contribution in [0.5, 0.6) is 0 Å². The van der Waals surface area contributed by atoms with E-state index in [-0.39, 0.29) is 0 Å². The molecular weight excluding hydrogens is 217 g/mol. The van der Waals surface area contributed by atoms with Gasteiger partial charge in [-0.15, -0.1) is 0 Å². The van der Waals surface area contributed by atoms with Gasteiger partial charge in [0, 0.05) is 6.92 Å². The summed E-state index contributed by atoms with van der Waals surface area (Å²) >= 11 is 10.8. The highest BCUT2D eigenvalue weighted by Crippen LogP contribution is 2.10. The van der Waals surface area contributed by atoms with E-state index in [0.717, 1.165) is 6.92 Å². The van der Waals surface area contributed by atoms with Gasteiger partial charge in [-0.1, -0.05) is 23.2 Å². The highest BCUT2D eigenvalue weighted by molar-refractivity contribution is 6.44. The van der Waals surface area contributed by atoms with Crippen molar-refractivity contribution in [1.82, 2.24) is 5.32 Å². The van der Waals surface area contributed by atoms with Gasteiger partial charge in [0.05, 0.1) is 0 Å². The van der Waals surface area contributed by atoms with Gasteiger partial charge in [0.2, 0.25) is 0 Å². The summed E-state index contributed by atoms with van der Waals surface area (Å²) < 4.78 is 4.36. The first kappa shape index (κ1) is 12.7. The summed E-state index contributed by atoms with van der Waals surface area (Å²) in [5.41, 5.74) is -1.08. The lowest BCUT2D eigenvalue weighted by atomic mass is 10.1. The highest BCUT2D eigenvalue weighted by Gasteiger charge is 2.31. The summed E-state index contributed by atoms with van der Waals surface area (Å²) in [4.78, 5) is 20.7. The van der Waals surface area contributed by atoms with Crippen molar-refractivity contribution in [2.24, 2.45) is 0 Å². The molecule has 1 N–H and O–H groups in total. The Hall–Kier alpha value is -0.320. The summed E-state index contributed by atoms with van der Waals surface area (Å²) in [5, 5.41) is 2.53. The van der Waals surface area contributed by atoms with Crippen LogP contribution in [0.25, 0.3) is 0 Å². The van der Waals surface area contributed by atoms with Crippen LogP contribution in [-0.4, -0.2) is 22.4 Å². The summed E-state index contributed by atoms with van der Waals surface area (Å²) in [5.74, 6) is -1.38. The van der Waals surface area contributed by atoms with Crippen molar-refractivity contribution in [3.05, 3.63) is 0 Å². The molecule has 0 aliphatic rings. The van der Waals surface area contributed by atoms with Crippen molar-refractivity contribution in [2.75, 3.05) is 0 Å². The molecule has 0 unspecified atom stereocenters. The molecule has 0 heterocycles. The Morgan fingerprint density at radius 3 is 2.15 bits per heavy atom. The maximum atomic E-state index is 11.2.